The minimum absolute atomic E-state index is 0.0460. The molecule has 1 amide bonds. The van der Waals surface area contributed by atoms with Crippen molar-refractivity contribution in [1.29, 1.82) is 0 Å². The molecule has 2 nitrogen and oxygen atoms in total. The Morgan fingerprint density at radius 2 is 2.27 bits per heavy atom. The summed E-state index contributed by atoms with van der Waals surface area (Å²) in [5.41, 5.74) is 0. The number of likely N-dealkylation sites (tertiary alicyclic amines) is 1. The van der Waals surface area contributed by atoms with Gasteiger partial charge in [-0.3, -0.25) is 9.18 Å². The molecular weight excluding hydrogens is 169 g/mol. The quantitative estimate of drug-likeness (QED) is 0.593. The van der Waals surface area contributed by atoms with Gasteiger partial charge in [-0.15, -0.1) is 11.6 Å². The Morgan fingerprint density at radius 3 is 2.73 bits per heavy atom. The third-order valence-electron chi connectivity index (χ3n) is 1.84. The van der Waals surface area contributed by atoms with E-state index in [-0.39, 0.29) is 18.5 Å². The van der Waals surface area contributed by atoms with Crippen molar-refractivity contribution >= 4 is 17.5 Å². The molecule has 0 aromatic rings. The summed E-state index contributed by atoms with van der Waals surface area (Å²) in [7, 11) is 0. The van der Waals surface area contributed by atoms with Crippen LogP contribution in [-0.2, 0) is 4.79 Å². The van der Waals surface area contributed by atoms with Crippen LogP contribution in [0.1, 0.15) is 6.42 Å². The van der Waals surface area contributed by atoms with Gasteiger partial charge < -0.3 is 4.90 Å². The summed E-state index contributed by atoms with van der Waals surface area (Å²) in [6.07, 6.45) is 0.376. The monoisotopic (exact) mass is 179 g/mol. The fraction of sp³-hybridized carbons (Fsp3) is 0.857. The van der Waals surface area contributed by atoms with E-state index in [0.717, 1.165) is 0 Å². The number of rotatable bonds is 3. The van der Waals surface area contributed by atoms with E-state index in [1.54, 1.807) is 4.90 Å². The highest BCUT2D eigenvalue weighted by atomic mass is 35.5. The lowest BCUT2D eigenvalue weighted by Crippen LogP contribution is -2.50. The van der Waals surface area contributed by atoms with Crippen LogP contribution in [-0.4, -0.2) is 36.5 Å². The molecule has 4 heteroatoms. The summed E-state index contributed by atoms with van der Waals surface area (Å²) in [6.45, 7) is 0.836. The Labute approximate surface area is 70.3 Å². The van der Waals surface area contributed by atoms with Gasteiger partial charge in [0.25, 0.3) is 0 Å². The van der Waals surface area contributed by atoms with Gasteiger partial charge in [-0.2, -0.15) is 0 Å². The smallest absolute Gasteiger partial charge is 0.223 e. The number of carbonyl (C=O) groups excluding carboxylic acids is 1. The van der Waals surface area contributed by atoms with Crippen molar-refractivity contribution in [3.05, 3.63) is 0 Å². The SMILES string of the molecule is O=C(CCCl)N1CC(CF)C1. The maximum Gasteiger partial charge on any atom is 0.223 e. The molecule has 1 fully saturated rings. The Morgan fingerprint density at radius 1 is 1.64 bits per heavy atom. The first-order chi connectivity index (χ1) is 5.27. The molecule has 0 saturated carbocycles. The van der Waals surface area contributed by atoms with Crippen molar-refractivity contribution in [2.75, 3.05) is 25.6 Å². The summed E-state index contributed by atoms with van der Waals surface area (Å²) in [5.74, 6) is 0.481. The first-order valence-electron chi connectivity index (χ1n) is 3.67. The molecule has 64 valence electrons. The molecule has 0 radical (unpaired) electrons. The van der Waals surface area contributed by atoms with Crippen molar-refractivity contribution in [3.63, 3.8) is 0 Å². The zero-order valence-electron chi connectivity index (χ0n) is 6.22. The van der Waals surface area contributed by atoms with Crippen molar-refractivity contribution in [3.8, 4) is 0 Å². The molecule has 1 saturated heterocycles. The summed E-state index contributed by atoms with van der Waals surface area (Å²) >= 11 is 5.37. The molecule has 11 heavy (non-hydrogen) atoms. The largest absolute Gasteiger partial charge is 0.342 e. The van der Waals surface area contributed by atoms with Crippen molar-refractivity contribution in [2.24, 2.45) is 5.92 Å². The van der Waals surface area contributed by atoms with Gasteiger partial charge in [-0.05, 0) is 0 Å². The highest BCUT2D eigenvalue weighted by Crippen LogP contribution is 2.16. The van der Waals surface area contributed by atoms with Crippen molar-refractivity contribution in [1.82, 2.24) is 4.90 Å². The van der Waals surface area contributed by atoms with Gasteiger partial charge >= 0.3 is 0 Å². The van der Waals surface area contributed by atoms with Crippen LogP contribution in [0.15, 0.2) is 0 Å². The van der Waals surface area contributed by atoms with E-state index in [2.05, 4.69) is 0 Å². The van der Waals surface area contributed by atoms with Crippen LogP contribution in [0.2, 0.25) is 0 Å². The first kappa shape index (κ1) is 8.78. The highest BCUT2D eigenvalue weighted by Gasteiger charge is 2.29. The van der Waals surface area contributed by atoms with E-state index < -0.39 is 0 Å². The van der Waals surface area contributed by atoms with Crippen molar-refractivity contribution in [2.45, 2.75) is 6.42 Å². The zero-order valence-corrected chi connectivity index (χ0v) is 6.98. The molecule has 0 aromatic carbocycles. The molecule has 1 aliphatic rings. The Balaban J connectivity index is 2.16. The van der Waals surface area contributed by atoms with Gasteiger partial charge in [0.2, 0.25) is 5.91 Å². The Bertz CT molecular complexity index is 147. The lowest BCUT2D eigenvalue weighted by atomic mass is 10.0. The lowest BCUT2D eigenvalue weighted by Gasteiger charge is -2.37. The molecule has 0 atom stereocenters. The average Bonchev–Trinajstić information content (AvgIpc) is 1.86. The molecule has 0 N–H and O–H groups in total. The van der Waals surface area contributed by atoms with Crippen LogP contribution < -0.4 is 0 Å². The fourth-order valence-electron chi connectivity index (χ4n) is 1.11. The van der Waals surface area contributed by atoms with Gasteiger partial charge in [0.15, 0.2) is 0 Å². The van der Waals surface area contributed by atoms with E-state index in [4.69, 9.17) is 11.6 Å². The van der Waals surface area contributed by atoms with Crippen LogP contribution in [0, 0.1) is 5.92 Å². The molecular formula is C7H11ClFNO. The van der Waals surface area contributed by atoms with Gasteiger partial charge in [-0.1, -0.05) is 0 Å². The second-order valence-corrected chi connectivity index (χ2v) is 3.14. The van der Waals surface area contributed by atoms with Gasteiger partial charge in [0, 0.05) is 31.3 Å². The molecule has 1 aliphatic heterocycles. The van der Waals surface area contributed by atoms with E-state index in [0.29, 0.717) is 25.4 Å². The second-order valence-electron chi connectivity index (χ2n) is 2.76. The fourth-order valence-corrected chi connectivity index (χ4v) is 1.27. The summed E-state index contributed by atoms with van der Waals surface area (Å²) < 4.78 is 11.9. The number of hydrogen-bond donors (Lipinski definition) is 0. The standard InChI is InChI=1S/C7H11ClFNO/c8-2-1-7(11)10-4-6(3-9)5-10/h6H,1-5H2. The number of alkyl halides is 2. The normalized spacial score (nSPS) is 18.2. The third kappa shape index (κ3) is 2.06. The number of hydrogen-bond acceptors (Lipinski definition) is 1. The highest BCUT2D eigenvalue weighted by molar-refractivity contribution is 6.18. The van der Waals surface area contributed by atoms with Crippen LogP contribution in [0.5, 0.6) is 0 Å². The summed E-state index contributed by atoms with van der Waals surface area (Å²) in [6, 6.07) is 0. The van der Waals surface area contributed by atoms with E-state index in [1.807, 2.05) is 0 Å². The average molecular weight is 180 g/mol. The summed E-state index contributed by atoms with van der Waals surface area (Å²) in [5, 5.41) is 0. The molecule has 0 aliphatic carbocycles. The molecule has 1 rings (SSSR count). The predicted octanol–water partition coefficient (Wildman–Crippen LogP) is 1.04. The minimum Gasteiger partial charge on any atom is -0.342 e. The van der Waals surface area contributed by atoms with E-state index >= 15 is 0 Å². The topological polar surface area (TPSA) is 20.3 Å². The number of halogens is 2. The molecule has 0 bridgehead atoms. The molecule has 0 spiro atoms. The minimum atomic E-state index is -0.315. The van der Waals surface area contributed by atoms with Crippen LogP contribution in [0.4, 0.5) is 4.39 Å². The van der Waals surface area contributed by atoms with Gasteiger partial charge in [0.05, 0.1) is 6.67 Å². The Kier molecular flexibility index (Phi) is 3.12. The van der Waals surface area contributed by atoms with Crippen LogP contribution >= 0.6 is 11.6 Å². The maximum absolute atomic E-state index is 11.9. The maximum atomic E-state index is 11.9. The molecule has 0 unspecified atom stereocenters. The van der Waals surface area contributed by atoms with E-state index in [9.17, 15) is 9.18 Å². The lowest BCUT2D eigenvalue weighted by molar-refractivity contribution is -0.137. The Hall–Kier alpha value is -0.310. The molecule has 1 heterocycles. The zero-order chi connectivity index (χ0) is 8.27. The number of carbonyl (C=O) groups is 1. The number of amides is 1. The summed E-state index contributed by atoms with van der Waals surface area (Å²) in [4.78, 5) is 12.7. The van der Waals surface area contributed by atoms with Crippen LogP contribution in [0.3, 0.4) is 0 Å². The van der Waals surface area contributed by atoms with Crippen LogP contribution in [0.25, 0.3) is 0 Å². The predicted molar refractivity (Wildman–Crippen MR) is 41.4 cm³/mol. The molecule has 0 aromatic heterocycles. The van der Waals surface area contributed by atoms with E-state index in [1.165, 1.54) is 0 Å². The van der Waals surface area contributed by atoms with Gasteiger partial charge in [0.1, 0.15) is 0 Å². The second kappa shape index (κ2) is 3.90. The number of nitrogens with zero attached hydrogens (tertiary/aromatic N) is 1. The van der Waals surface area contributed by atoms with Gasteiger partial charge in [-0.25, -0.2) is 0 Å². The first-order valence-corrected chi connectivity index (χ1v) is 4.21. The van der Waals surface area contributed by atoms with Crippen molar-refractivity contribution < 1.29 is 9.18 Å². The third-order valence-corrected chi connectivity index (χ3v) is 2.03.